The highest BCUT2D eigenvalue weighted by Crippen LogP contribution is 2.30. The van der Waals surface area contributed by atoms with Crippen molar-refractivity contribution in [1.29, 1.82) is 0 Å². The summed E-state index contributed by atoms with van der Waals surface area (Å²) in [5, 5.41) is 3.42. The van der Waals surface area contributed by atoms with Gasteiger partial charge >= 0.3 is 0 Å². The summed E-state index contributed by atoms with van der Waals surface area (Å²) in [6.45, 7) is 8.48. The molecular weight excluding hydrogens is 284 g/mol. The third-order valence-corrected chi connectivity index (χ3v) is 5.90. The van der Waals surface area contributed by atoms with Crippen LogP contribution < -0.4 is 10.2 Å². The van der Waals surface area contributed by atoms with Gasteiger partial charge in [-0.2, -0.15) is 0 Å². The number of sulfone groups is 1. The Morgan fingerprint density at radius 3 is 2.76 bits per heavy atom. The highest BCUT2D eigenvalue weighted by molar-refractivity contribution is 7.91. The van der Waals surface area contributed by atoms with Crippen LogP contribution >= 0.6 is 0 Å². The Morgan fingerprint density at radius 2 is 2.10 bits per heavy atom. The zero-order valence-corrected chi connectivity index (χ0v) is 14.0. The summed E-state index contributed by atoms with van der Waals surface area (Å²) in [4.78, 5) is 2.20. The lowest BCUT2D eigenvalue weighted by atomic mass is 10.0. The lowest BCUT2D eigenvalue weighted by Crippen LogP contribution is -2.28. The van der Waals surface area contributed by atoms with Gasteiger partial charge in [0, 0.05) is 30.6 Å². The first-order valence-electron chi connectivity index (χ1n) is 7.78. The Balaban J connectivity index is 2.07. The maximum atomic E-state index is 11.6. The van der Waals surface area contributed by atoms with Crippen molar-refractivity contribution in [2.75, 3.05) is 36.0 Å². The van der Waals surface area contributed by atoms with Crippen molar-refractivity contribution in [3.05, 3.63) is 29.3 Å². The van der Waals surface area contributed by atoms with Gasteiger partial charge in [-0.3, -0.25) is 0 Å². The Hall–Kier alpha value is -1.07. The van der Waals surface area contributed by atoms with E-state index in [1.165, 1.54) is 16.8 Å². The highest BCUT2D eigenvalue weighted by Gasteiger charge is 2.21. The average molecular weight is 310 g/mol. The number of nitrogens with one attached hydrogen (secondary N) is 1. The molecule has 0 aromatic heterocycles. The minimum absolute atomic E-state index is 0.229. The summed E-state index contributed by atoms with van der Waals surface area (Å²) < 4.78 is 23.3. The maximum Gasteiger partial charge on any atom is 0.151 e. The first-order valence-corrected chi connectivity index (χ1v) is 9.60. The number of hydrogen-bond donors (Lipinski definition) is 1. The predicted molar refractivity (Wildman–Crippen MR) is 88.8 cm³/mol. The molecule has 1 atom stereocenters. The van der Waals surface area contributed by atoms with Gasteiger partial charge in [0.2, 0.25) is 0 Å². The van der Waals surface area contributed by atoms with E-state index in [9.17, 15) is 8.42 Å². The van der Waals surface area contributed by atoms with Crippen LogP contribution in [0.4, 0.5) is 5.69 Å². The van der Waals surface area contributed by atoms with E-state index in [1.54, 1.807) is 6.92 Å². The van der Waals surface area contributed by atoms with Gasteiger partial charge in [0.15, 0.2) is 9.84 Å². The largest absolute Gasteiger partial charge is 0.370 e. The fourth-order valence-electron chi connectivity index (χ4n) is 2.81. The Morgan fingerprint density at radius 1 is 1.33 bits per heavy atom. The topological polar surface area (TPSA) is 49.4 Å². The molecule has 0 amide bonds. The molecule has 0 saturated carbocycles. The molecule has 21 heavy (non-hydrogen) atoms. The third kappa shape index (κ3) is 3.98. The zero-order chi connectivity index (χ0) is 15.5. The molecule has 2 rings (SSSR count). The SMILES string of the molecule is CCNC(C)c1ccc2c(c1)CCN2CCS(=O)(=O)CC. The van der Waals surface area contributed by atoms with Crippen molar-refractivity contribution < 1.29 is 8.42 Å². The quantitative estimate of drug-likeness (QED) is 0.838. The molecule has 5 heteroatoms. The zero-order valence-electron chi connectivity index (χ0n) is 13.2. The molecule has 1 aliphatic heterocycles. The van der Waals surface area contributed by atoms with Crippen LogP contribution in [0, 0.1) is 0 Å². The molecule has 1 aromatic rings. The van der Waals surface area contributed by atoms with Gasteiger partial charge in [-0.05, 0) is 37.1 Å². The second-order valence-electron chi connectivity index (χ2n) is 5.64. The molecule has 1 aromatic carbocycles. The summed E-state index contributed by atoms with van der Waals surface area (Å²) in [6.07, 6.45) is 1.01. The van der Waals surface area contributed by atoms with E-state index in [4.69, 9.17) is 0 Å². The smallest absolute Gasteiger partial charge is 0.151 e. The molecule has 0 fully saturated rings. The fourth-order valence-corrected chi connectivity index (χ4v) is 3.60. The predicted octanol–water partition coefficient (Wildman–Crippen LogP) is 2.15. The van der Waals surface area contributed by atoms with E-state index in [0.29, 0.717) is 12.6 Å². The summed E-state index contributed by atoms with van der Waals surface area (Å²) >= 11 is 0. The molecular formula is C16H26N2O2S. The molecule has 1 unspecified atom stereocenters. The van der Waals surface area contributed by atoms with Gasteiger partial charge in [0.25, 0.3) is 0 Å². The fraction of sp³-hybridized carbons (Fsp3) is 0.625. The molecule has 0 saturated heterocycles. The van der Waals surface area contributed by atoms with Crippen molar-refractivity contribution in [2.45, 2.75) is 33.2 Å². The number of anilines is 1. The molecule has 4 nitrogen and oxygen atoms in total. The van der Waals surface area contributed by atoms with Crippen LogP contribution in [-0.2, 0) is 16.3 Å². The Kier molecular flexibility index (Phi) is 5.27. The van der Waals surface area contributed by atoms with Gasteiger partial charge in [0.05, 0.1) is 5.75 Å². The monoisotopic (exact) mass is 310 g/mol. The number of nitrogens with zero attached hydrogens (tertiary/aromatic N) is 1. The second-order valence-corrected chi connectivity index (χ2v) is 8.11. The molecule has 1 aliphatic rings. The summed E-state index contributed by atoms with van der Waals surface area (Å²) in [7, 11) is -2.89. The van der Waals surface area contributed by atoms with E-state index >= 15 is 0 Å². The number of rotatable bonds is 7. The summed E-state index contributed by atoms with van der Waals surface area (Å²) in [5.41, 5.74) is 3.85. The normalized spacial score (nSPS) is 16.0. The number of fused-ring (bicyclic) bond motifs is 1. The minimum Gasteiger partial charge on any atom is -0.370 e. The summed E-state index contributed by atoms with van der Waals surface area (Å²) in [6, 6.07) is 6.91. The molecule has 0 aliphatic carbocycles. The highest BCUT2D eigenvalue weighted by atomic mass is 32.2. The maximum absolute atomic E-state index is 11.6. The van der Waals surface area contributed by atoms with Crippen molar-refractivity contribution in [1.82, 2.24) is 5.32 Å². The molecule has 1 heterocycles. The standard InChI is InChI=1S/C16H26N2O2S/c1-4-17-13(3)14-6-7-16-15(12-14)8-9-18(16)10-11-21(19,20)5-2/h6-7,12-13,17H,4-5,8-11H2,1-3H3. The molecule has 0 radical (unpaired) electrons. The van der Waals surface area contributed by atoms with Gasteiger partial charge in [-0.1, -0.05) is 26.0 Å². The lowest BCUT2D eigenvalue weighted by Gasteiger charge is -2.20. The van der Waals surface area contributed by atoms with Crippen LogP contribution in [0.5, 0.6) is 0 Å². The molecule has 118 valence electrons. The van der Waals surface area contributed by atoms with Gasteiger partial charge in [-0.15, -0.1) is 0 Å². The average Bonchev–Trinajstić information content (AvgIpc) is 2.88. The first kappa shape index (κ1) is 16.3. The Labute approximate surface area is 128 Å². The summed E-state index contributed by atoms with van der Waals surface area (Å²) in [5.74, 6) is 0.478. The number of hydrogen-bond acceptors (Lipinski definition) is 4. The molecule has 0 bridgehead atoms. The minimum atomic E-state index is -2.89. The van der Waals surface area contributed by atoms with Crippen molar-refractivity contribution in [2.24, 2.45) is 0 Å². The molecule has 0 spiro atoms. The van der Waals surface area contributed by atoms with Crippen LogP contribution in [0.3, 0.4) is 0 Å². The van der Waals surface area contributed by atoms with Crippen LogP contribution in [-0.4, -0.2) is 39.6 Å². The van der Waals surface area contributed by atoms with Crippen LogP contribution in [0.15, 0.2) is 18.2 Å². The third-order valence-electron chi connectivity index (χ3n) is 4.22. The van der Waals surface area contributed by atoms with Gasteiger partial charge in [0.1, 0.15) is 0 Å². The van der Waals surface area contributed by atoms with E-state index in [-0.39, 0.29) is 11.5 Å². The van der Waals surface area contributed by atoms with Gasteiger partial charge in [-0.25, -0.2) is 8.42 Å². The van der Waals surface area contributed by atoms with Crippen LogP contribution in [0.25, 0.3) is 0 Å². The Bertz CT molecular complexity index is 584. The van der Waals surface area contributed by atoms with Crippen molar-refractivity contribution in [3.8, 4) is 0 Å². The van der Waals surface area contributed by atoms with Crippen LogP contribution in [0.1, 0.15) is 37.9 Å². The number of benzene rings is 1. The van der Waals surface area contributed by atoms with E-state index in [2.05, 4.69) is 42.3 Å². The van der Waals surface area contributed by atoms with Crippen molar-refractivity contribution in [3.63, 3.8) is 0 Å². The van der Waals surface area contributed by atoms with E-state index < -0.39 is 9.84 Å². The van der Waals surface area contributed by atoms with E-state index in [0.717, 1.165) is 19.5 Å². The van der Waals surface area contributed by atoms with E-state index in [1.807, 2.05) is 0 Å². The second kappa shape index (κ2) is 6.79. The van der Waals surface area contributed by atoms with Gasteiger partial charge < -0.3 is 10.2 Å². The van der Waals surface area contributed by atoms with Crippen molar-refractivity contribution >= 4 is 15.5 Å². The van der Waals surface area contributed by atoms with Crippen LogP contribution in [0.2, 0.25) is 0 Å². The molecule has 1 N–H and O–H groups in total. The lowest BCUT2D eigenvalue weighted by molar-refractivity contribution is 0.596. The first-order chi connectivity index (χ1) is 9.96.